The second kappa shape index (κ2) is 9.00. The molecule has 7 heteroatoms. The fraction of sp³-hybridized carbons (Fsp3) is 0.167. The molecule has 0 aliphatic carbocycles. The highest BCUT2D eigenvalue weighted by Crippen LogP contribution is 2.29. The predicted octanol–water partition coefficient (Wildman–Crippen LogP) is 5.56. The summed E-state index contributed by atoms with van der Waals surface area (Å²) in [5.74, 6) is 0.287. The molecule has 158 valence electrons. The second-order valence-electron chi connectivity index (χ2n) is 7.36. The molecule has 5 nitrogen and oxygen atoms in total. The first-order valence-electron chi connectivity index (χ1n) is 9.79. The van der Waals surface area contributed by atoms with Crippen molar-refractivity contribution in [2.45, 2.75) is 26.1 Å². The number of carbonyl (C=O) groups excluding carboxylic acids is 2. The van der Waals surface area contributed by atoms with Crippen LogP contribution in [0.3, 0.4) is 0 Å². The van der Waals surface area contributed by atoms with E-state index in [1.54, 1.807) is 60.4 Å². The minimum Gasteiger partial charge on any atom is -0.481 e. The standard InChI is InChI=1S/C24H20Cl2N2O3/c1-15-24(30)28(13-16-2-6-19(25)7-3-16)14-18-12-21(10-11-22(18)31-15)27-23(29)17-4-8-20(26)9-5-17/h2-12,15H,13-14H2,1H3,(H,27,29)/t15-/m1/s1. The Morgan fingerprint density at radius 1 is 1.03 bits per heavy atom. The van der Waals surface area contributed by atoms with Gasteiger partial charge in [0.1, 0.15) is 5.75 Å². The molecular formula is C24H20Cl2N2O3. The number of ether oxygens (including phenoxy) is 1. The summed E-state index contributed by atoms with van der Waals surface area (Å²) in [6.07, 6.45) is -0.608. The first-order valence-corrected chi connectivity index (χ1v) is 10.5. The van der Waals surface area contributed by atoms with Gasteiger partial charge in [-0.25, -0.2) is 0 Å². The normalized spacial score (nSPS) is 15.6. The Hall–Kier alpha value is -3.02. The summed E-state index contributed by atoms with van der Waals surface area (Å²) in [5, 5.41) is 4.10. The Labute approximate surface area is 190 Å². The molecule has 3 aromatic rings. The van der Waals surface area contributed by atoms with Gasteiger partial charge in [0.15, 0.2) is 6.10 Å². The van der Waals surface area contributed by atoms with Gasteiger partial charge in [-0.15, -0.1) is 0 Å². The van der Waals surface area contributed by atoms with Crippen LogP contribution in [0, 0.1) is 0 Å². The monoisotopic (exact) mass is 454 g/mol. The number of benzene rings is 3. The maximum atomic E-state index is 12.9. The maximum absolute atomic E-state index is 12.9. The number of halogens is 2. The molecular weight excluding hydrogens is 435 g/mol. The number of anilines is 1. The van der Waals surface area contributed by atoms with Crippen LogP contribution in [0.25, 0.3) is 0 Å². The highest BCUT2D eigenvalue weighted by atomic mass is 35.5. The quantitative estimate of drug-likeness (QED) is 0.561. The van der Waals surface area contributed by atoms with Crippen molar-refractivity contribution in [1.29, 1.82) is 0 Å². The van der Waals surface area contributed by atoms with E-state index in [9.17, 15) is 9.59 Å². The van der Waals surface area contributed by atoms with E-state index in [2.05, 4.69) is 5.32 Å². The molecule has 0 fully saturated rings. The maximum Gasteiger partial charge on any atom is 0.263 e. The lowest BCUT2D eigenvalue weighted by molar-refractivity contribution is -0.138. The van der Waals surface area contributed by atoms with Gasteiger partial charge in [0.2, 0.25) is 0 Å². The minimum absolute atomic E-state index is 0.0992. The first-order chi connectivity index (χ1) is 14.9. The number of hydrogen-bond acceptors (Lipinski definition) is 3. The van der Waals surface area contributed by atoms with Gasteiger partial charge in [-0.05, 0) is 67.1 Å². The number of nitrogens with one attached hydrogen (secondary N) is 1. The van der Waals surface area contributed by atoms with Gasteiger partial charge in [0, 0.05) is 39.9 Å². The van der Waals surface area contributed by atoms with E-state index >= 15 is 0 Å². The molecule has 2 amide bonds. The zero-order valence-corrected chi connectivity index (χ0v) is 18.3. The van der Waals surface area contributed by atoms with Crippen LogP contribution in [0.5, 0.6) is 5.75 Å². The van der Waals surface area contributed by atoms with Gasteiger partial charge in [0.05, 0.1) is 0 Å². The molecule has 31 heavy (non-hydrogen) atoms. The minimum atomic E-state index is -0.608. The van der Waals surface area contributed by atoms with Crippen molar-refractivity contribution in [3.8, 4) is 5.75 Å². The smallest absolute Gasteiger partial charge is 0.263 e. The van der Waals surface area contributed by atoms with E-state index in [0.29, 0.717) is 40.1 Å². The fourth-order valence-electron chi connectivity index (χ4n) is 3.43. The zero-order valence-electron chi connectivity index (χ0n) is 16.8. The Bertz CT molecular complexity index is 1110. The molecule has 0 saturated carbocycles. The number of carbonyl (C=O) groups is 2. The van der Waals surface area contributed by atoms with Crippen LogP contribution < -0.4 is 10.1 Å². The van der Waals surface area contributed by atoms with Crippen LogP contribution in [-0.2, 0) is 17.9 Å². The molecule has 1 aliphatic rings. The number of amides is 2. The van der Waals surface area contributed by atoms with Crippen molar-refractivity contribution in [2.24, 2.45) is 0 Å². The lowest BCUT2D eigenvalue weighted by Gasteiger charge is -2.22. The molecule has 0 aromatic heterocycles. The molecule has 0 radical (unpaired) electrons. The lowest BCUT2D eigenvalue weighted by atomic mass is 10.1. The summed E-state index contributed by atoms with van der Waals surface area (Å²) in [5.41, 5.74) is 2.92. The largest absolute Gasteiger partial charge is 0.481 e. The molecule has 0 bridgehead atoms. The Morgan fingerprint density at radius 3 is 2.35 bits per heavy atom. The van der Waals surface area contributed by atoms with Crippen LogP contribution in [0.4, 0.5) is 5.69 Å². The van der Waals surface area contributed by atoms with Crippen molar-refractivity contribution in [2.75, 3.05) is 5.32 Å². The molecule has 3 aromatic carbocycles. The number of fused-ring (bicyclic) bond motifs is 1. The van der Waals surface area contributed by atoms with Gasteiger partial charge < -0.3 is 15.0 Å². The molecule has 1 N–H and O–H groups in total. The Kier molecular flexibility index (Phi) is 6.16. The predicted molar refractivity (Wildman–Crippen MR) is 122 cm³/mol. The molecule has 1 heterocycles. The lowest BCUT2D eigenvalue weighted by Crippen LogP contribution is -2.37. The fourth-order valence-corrected chi connectivity index (χ4v) is 3.68. The van der Waals surface area contributed by atoms with E-state index in [1.807, 2.05) is 18.2 Å². The van der Waals surface area contributed by atoms with Crippen molar-refractivity contribution in [3.63, 3.8) is 0 Å². The van der Waals surface area contributed by atoms with E-state index in [-0.39, 0.29) is 11.8 Å². The summed E-state index contributed by atoms with van der Waals surface area (Å²) in [4.78, 5) is 27.1. The van der Waals surface area contributed by atoms with Crippen molar-refractivity contribution in [3.05, 3.63) is 93.5 Å². The third kappa shape index (κ3) is 5.01. The highest BCUT2D eigenvalue weighted by molar-refractivity contribution is 6.30. The third-order valence-electron chi connectivity index (χ3n) is 5.04. The van der Waals surface area contributed by atoms with E-state index in [1.165, 1.54) is 0 Å². The summed E-state index contributed by atoms with van der Waals surface area (Å²) < 4.78 is 5.87. The van der Waals surface area contributed by atoms with Gasteiger partial charge in [-0.2, -0.15) is 0 Å². The highest BCUT2D eigenvalue weighted by Gasteiger charge is 2.28. The van der Waals surface area contributed by atoms with Crippen LogP contribution in [0.15, 0.2) is 66.7 Å². The van der Waals surface area contributed by atoms with Crippen LogP contribution in [-0.4, -0.2) is 22.8 Å². The number of nitrogens with zero attached hydrogens (tertiary/aromatic N) is 1. The van der Waals surface area contributed by atoms with Gasteiger partial charge in [0.25, 0.3) is 11.8 Å². The number of rotatable bonds is 4. The molecule has 0 saturated heterocycles. The zero-order chi connectivity index (χ0) is 22.0. The van der Waals surface area contributed by atoms with Gasteiger partial charge in [-0.3, -0.25) is 9.59 Å². The SMILES string of the molecule is C[C@H]1Oc2ccc(NC(=O)c3ccc(Cl)cc3)cc2CN(Cc2ccc(Cl)cc2)C1=O. The second-order valence-corrected chi connectivity index (χ2v) is 8.24. The summed E-state index contributed by atoms with van der Waals surface area (Å²) in [6.45, 7) is 2.54. The van der Waals surface area contributed by atoms with E-state index < -0.39 is 6.10 Å². The van der Waals surface area contributed by atoms with Crippen molar-refractivity contribution >= 4 is 40.7 Å². The molecule has 1 aliphatic heterocycles. The average Bonchev–Trinajstić information content (AvgIpc) is 2.87. The van der Waals surface area contributed by atoms with E-state index in [4.69, 9.17) is 27.9 Å². The molecule has 4 rings (SSSR count). The van der Waals surface area contributed by atoms with Gasteiger partial charge >= 0.3 is 0 Å². The van der Waals surface area contributed by atoms with Crippen LogP contribution in [0.2, 0.25) is 10.0 Å². The molecule has 0 unspecified atom stereocenters. The summed E-state index contributed by atoms with van der Waals surface area (Å²) in [7, 11) is 0. The molecule has 0 spiro atoms. The summed E-state index contributed by atoms with van der Waals surface area (Å²) >= 11 is 11.9. The third-order valence-corrected chi connectivity index (χ3v) is 5.54. The Balaban J connectivity index is 1.55. The summed E-state index contributed by atoms with van der Waals surface area (Å²) in [6, 6.07) is 19.5. The van der Waals surface area contributed by atoms with Crippen LogP contribution >= 0.6 is 23.2 Å². The first kappa shape index (κ1) is 21.2. The van der Waals surface area contributed by atoms with Crippen LogP contribution in [0.1, 0.15) is 28.4 Å². The van der Waals surface area contributed by atoms with Gasteiger partial charge in [-0.1, -0.05) is 35.3 Å². The topological polar surface area (TPSA) is 58.6 Å². The van der Waals surface area contributed by atoms with E-state index in [0.717, 1.165) is 11.1 Å². The van der Waals surface area contributed by atoms with Crippen molar-refractivity contribution < 1.29 is 14.3 Å². The Morgan fingerprint density at radius 2 is 1.68 bits per heavy atom. The van der Waals surface area contributed by atoms with Crippen molar-refractivity contribution in [1.82, 2.24) is 4.90 Å². The average molecular weight is 455 g/mol. The number of hydrogen-bond donors (Lipinski definition) is 1. The molecule has 1 atom stereocenters.